The van der Waals surface area contributed by atoms with E-state index in [1.807, 2.05) is 4.90 Å². The zero-order valence-corrected chi connectivity index (χ0v) is 15.7. The van der Waals surface area contributed by atoms with E-state index in [4.69, 9.17) is 5.73 Å². The van der Waals surface area contributed by atoms with E-state index in [1.165, 1.54) is 38.5 Å². The maximum Gasteiger partial charge on any atom is 0.317 e. The molecule has 0 aliphatic heterocycles. The zero-order valence-electron chi connectivity index (χ0n) is 15.7. The maximum atomic E-state index is 12.3. The van der Waals surface area contributed by atoms with E-state index in [0.717, 1.165) is 45.3 Å². The van der Waals surface area contributed by atoms with Crippen molar-refractivity contribution < 1.29 is 9.59 Å². The summed E-state index contributed by atoms with van der Waals surface area (Å²) in [7, 11) is 0. The minimum Gasteiger partial charge on any atom is -0.352 e. The Labute approximate surface area is 147 Å². The second kappa shape index (κ2) is 16.4. The lowest BCUT2D eigenvalue weighted by molar-refractivity contribution is 0.195. The van der Waals surface area contributed by atoms with Crippen LogP contribution in [0.2, 0.25) is 0 Å². The van der Waals surface area contributed by atoms with Crippen LogP contribution < -0.4 is 16.4 Å². The number of nitrogens with two attached hydrogens (primary N) is 1. The third-order valence-corrected chi connectivity index (χ3v) is 4.03. The summed E-state index contributed by atoms with van der Waals surface area (Å²) in [5.74, 6) is 0. The standard InChI is InChI=1S/C18H38N4O2/c1-3-5-7-9-14-21-18(24)22(15-11-8-6-4-2)16-12-10-13-20-17(19)23/h3-16H2,1-2H3,(H,21,24)(H3,19,20,23). The molecule has 0 radical (unpaired) electrons. The van der Waals surface area contributed by atoms with Gasteiger partial charge in [-0.1, -0.05) is 52.4 Å². The number of hydrogen-bond acceptors (Lipinski definition) is 2. The molecule has 0 aromatic carbocycles. The van der Waals surface area contributed by atoms with Gasteiger partial charge in [-0.25, -0.2) is 9.59 Å². The van der Waals surface area contributed by atoms with Crippen molar-refractivity contribution in [3.8, 4) is 0 Å². The van der Waals surface area contributed by atoms with E-state index in [0.29, 0.717) is 6.54 Å². The van der Waals surface area contributed by atoms with Gasteiger partial charge in [0.2, 0.25) is 0 Å². The molecule has 0 aromatic heterocycles. The molecule has 0 aromatic rings. The normalized spacial score (nSPS) is 10.4. The summed E-state index contributed by atoms with van der Waals surface area (Å²) in [6, 6.07) is -0.442. The Hall–Kier alpha value is -1.46. The van der Waals surface area contributed by atoms with E-state index >= 15 is 0 Å². The van der Waals surface area contributed by atoms with Crippen LogP contribution in [-0.2, 0) is 0 Å². The van der Waals surface area contributed by atoms with Gasteiger partial charge in [0.05, 0.1) is 0 Å². The highest BCUT2D eigenvalue weighted by atomic mass is 16.2. The molecule has 4 N–H and O–H groups in total. The number of rotatable bonds is 15. The molecule has 6 nitrogen and oxygen atoms in total. The molecule has 0 spiro atoms. The molecular weight excluding hydrogens is 304 g/mol. The molecule has 0 aliphatic rings. The lowest BCUT2D eigenvalue weighted by Gasteiger charge is -2.23. The lowest BCUT2D eigenvalue weighted by atomic mass is 10.2. The minimum atomic E-state index is -0.490. The predicted octanol–water partition coefficient (Wildman–Crippen LogP) is 3.61. The molecule has 0 saturated carbocycles. The van der Waals surface area contributed by atoms with E-state index in [1.54, 1.807) is 0 Å². The topological polar surface area (TPSA) is 87.5 Å². The van der Waals surface area contributed by atoms with Gasteiger partial charge < -0.3 is 21.3 Å². The monoisotopic (exact) mass is 342 g/mol. The summed E-state index contributed by atoms with van der Waals surface area (Å²) in [6.07, 6.45) is 11.0. The van der Waals surface area contributed by atoms with Crippen molar-refractivity contribution >= 4 is 12.1 Å². The fraction of sp³-hybridized carbons (Fsp3) is 0.889. The van der Waals surface area contributed by atoms with Gasteiger partial charge in [-0.05, 0) is 25.7 Å². The van der Waals surface area contributed by atoms with Crippen LogP contribution in [0.25, 0.3) is 0 Å². The van der Waals surface area contributed by atoms with Gasteiger partial charge in [0.25, 0.3) is 0 Å². The number of carbonyl (C=O) groups excluding carboxylic acids is 2. The lowest BCUT2D eigenvalue weighted by Crippen LogP contribution is -2.41. The number of primary amides is 1. The first-order chi connectivity index (χ1) is 11.6. The Bertz CT molecular complexity index is 324. The number of hydrogen-bond donors (Lipinski definition) is 3. The van der Waals surface area contributed by atoms with Crippen molar-refractivity contribution in [2.45, 2.75) is 78.1 Å². The first-order valence-corrected chi connectivity index (χ1v) is 9.67. The Morgan fingerprint density at radius 1 is 0.750 bits per heavy atom. The number of amides is 4. The van der Waals surface area contributed by atoms with E-state index in [-0.39, 0.29) is 6.03 Å². The molecule has 0 bridgehead atoms. The molecule has 0 heterocycles. The van der Waals surface area contributed by atoms with Crippen LogP contribution in [0.15, 0.2) is 0 Å². The molecule has 4 amide bonds. The summed E-state index contributed by atoms with van der Waals surface area (Å²) in [6.45, 7) is 7.23. The van der Waals surface area contributed by atoms with Crippen LogP contribution in [0.3, 0.4) is 0 Å². The molecule has 0 saturated heterocycles. The second-order valence-corrected chi connectivity index (χ2v) is 6.34. The van der Waals surface area contributed by atoms with E-state index in [2.05, 4.69) is 24.5 Å². The third kappa shape index (κ3) is 14.2. The highest BCUT2D eigenvalue weighted by molar-refractivity contribution is 5.74. The SMILES string of the molecule is CCCCCCNC(=O)N(CCCCCC)CCCCNC(N)=O. The fourth-order valence-electron chi connectivity index (χ4n) is 2.54. The van der Waals surface area contributed by atoms with Crippen LogP contribution in [0.4, 0.5) is 9.59 Å². The zero-order chi connectivity index (χ0) is 18.0. The highest BCUT2D eigenvalue weighted by Crippen LogP contribution is 2.04. The first kappa shape index (κ1) is 22.5. The van der Waals surface area contributed by atoms with E-state index in [9.17, 15) is 9.59 Å². The fourth-order valence-corrected chi connectivity index (χ4v) is 2.54. The van der Waals surface area contributed by atoms with Gasteiger partial charge in [0.15, 0.2) is 0 Å². The minimum absolute atomic E-state index is 0.0471. The molecule has 0 aliphatic carbocycles. The molecule has 0 fully saturated rings. The molecule has 0 rings (SSSR count). The van der Waals surface area contributed by atoms with Gasteiger partial charge >= 0.3 is 12.1 Å². The largest absolute Gasteiger partial charge is 0.352 e. The Balaban J connectivity index is 4.04. The van der Waals surface area contributed by atoms with Gasteiger partial charge in [0, 0.05) is 26.2 Å². The van der Waals surface area contributed by atoms with Gasteiger partial charge in [0.1, 0.15) is 0 Å². The van der Waals surface area contributed by atoms with Crippen LogP contribution in [-0.4, -0.2) is 43.1 Å². The Kier molecular flexibility index (Phi) is 15.4. The smallest absolute Gasteiger partial charge is 0.317 e. The summed E-state index contributed by atoms with van der Waals surface area (Å²) in [5.41, 5.74) is 5.04. The third-order valence-electron chi connectivity index (χ3n) is 4.03. The Morgan fingerprint density at radius 2 is 1.25 bits per heavy atom. The van der Waals surface area contributed by atoms with Gasteiger partial charge in [-0.3, -0.25) is 0 Å². The van der Waals surface area contributed by atoms with Crippen molar-refractivity contribution in [3.05, 3.63) is 0 Å². The summed E-state index contributed by atoms with van der Waals surface area (Å²) in [4.78, 5) is 24.9. The maximum absolute atomic E-state index is 12.3. The van der Waals surface area contributed by atoms with Gasteiger partial charge in [-0.15, -0.1) is 0 Å². The average Bonchev–Trinajstić information content (AvgIpc) is 2.55. The summed E-state index contributed by atoms with van der Waals surface area (Å²) < 4.78 is 0. The Morgan fingerprint density at radius 3 is 1.83 bits per heavy atom. The quantitative estimate of drug-likeness (QED) is 0.397. The van der Waals surface area contributed by atoms with Crippen molar-refractivity contribution in [1.29, 1.82) is 0 Å². The highest BCUT2D eigenvalue weighted by Gasteiger charge is 2.12. The van der Waals surface area contributed by atoms with Crippen LogP contribution in [0.1, 0.15) is 78.1 Å². The molecule has 0 unspecified atom stereocenters. The number of carbonyl (C=O) groups is 2. The predicted molar refractivity (Wildman–Crippen MR) is 100 cm³/mol. The molecule has 142 valence electrons. The van der Waals surface area contributed by atoms with Crippen LogP contribution in [0.5, 0.6) is 0 Å². The average molecular weight is 343 g/mol. The number of unbranched alkanes of at least 4 members (excludes halogenated alkanes) is 7. The van der Waals surface area contributed by atoms with Gasteiger partial charge in [-0.2, -0.15) is 0 Å². The van der Waals surface area contributed by atoms with Crippen molar-refractivity contribution in [2.75, 3.05) is 26.2 Å². The van der Waals surface area contributed by atoms with Crippen LogP contribution >= 0.6 is 0 Å². The van der Waals surface area contributed by atoms with Crippen molar-refractivity contribution in [2.24, 2.45) is 5.73 Å². The van der Waals surface area contributed by atoms with Crippen molar-refractivity contribution in [1.82, 2.24) is 15.5 Å². The second-order valence-electron chi connectivity index (χ2n) is 6.34. The number of nitrogens with zero attached hydrogens (tertiary/aromatic N) is 1. The first-order valence-electron chi connectivity index (χ1n) is 9.67. The van der Waals surface area contributed by atoms with Crippen molar-refractivity contribution in [3.63, 3.8) is 0 Å². The summed E-state index contributed by atoms with van der Waals surface area (Å²) >= 11 is 0. The molecule has 0 atom stereocenters. The number of nitrogens with one attached hydrogen (secondary N) is 2. The summed E-state index contributed by atoms with van der Waals surface area (Å²) in [5, 5.41) is 5.62. The molecule has 6 heteroatoms. The molecule has 24 heavy (non-hydrogen) atoms. The number of urea groups is 2. The molecular formula is C18H38N4O2. The van der Waals surface area contributed by atoms with E-state index < -0.39 is 6.03 Å². The van der Waals surface area contributed by atoms with Crippen LogP contribution in [0, 0.1) is 0 Å².